The molecule has 1 aliphatic carbocycles. The number of nitrogens with one attached hydrogen (secondary N) is 1. The zero-order valence-electron chi connectivity index (χ0n) is 13.3. The van der Waals surface area contributed by atoms with Gasteiger partial charge in [-0.1, -0.05) is 31.4 Å². The maximum Gasteiger partial charge on any atom is 0.110 e. The van der Waals surface area contributed by atoms with Gasteiger partial charge in [-0.3, -0.25) is 0 Å². The molecule has 1 saturated carbocycles. The molecule has 3 nitrogen and oxygen atoms in total. The van der Waals surface area contributed by atoms with Gasteiger partial charge in [-0.05, 0) is 44.9 Å². The quantitative estimate of drug-likeness (QED) is 0.867. The number of aromatic nitrogens is 2. The summed E-state index contributed by atoms with van der Waals surface area (Å²) in [5.41, 5.74) is 2.42. The van der Waals surface area contributed by atoms with E-state index in [0.717, 1.165) is 24.4 Å². The molecule has 0 radical (unpaired) electrons. The Morgan fingerprint density at radius 3 is 2.81 bits per heavy atom. The minimum absolute atomic E-state index is 0.651. The zero-order chi connectivity index (χ0) is 14.7. The van der Waals surface area contributed by atoms with Crippen LogP contribution in [0.25, 0.3) is 11.0 Å². The molecular formula is C18H27N3. The molecule has 1 aliphatic rings. The predicted molar refractivity (Wildman–Crippen MR) is 88.5 cm³/mol. The molecule has 0 saturated heterocycles. The Balaban J connectivity index is 1.89. The molecule has 1 aromatic heterocycles. The molecule has 0 bridgehead atoms. The van der Waals surface area contributed by atoms with Crippen molar-refractivity contribution in [3.63, 3.8) is 0 Å². The number of hydrogen-bond acceptors (Lipinski definition) is 2. The molecule has 2 unspecified atom stereocenters. The SMILES string of the molecule is CCn1c(CC2CCCCCC2NC)nc2ccccc21. The van der Waals surface area contributed by atoms with Crippen molar-refractivity contribution in [2.45, 2.75) is 58.0 Å². The highest BCUT2D eigenvalue weighted by molar-refractivity contribution is 5.75. The van der Waals surface area contributed by atoms with E-state index in [1.54, 1.807) is 0 Å². The van der Waals surface area contributed by atoms with Crippen molar-refractivity contribution in [2.24, 2.45) is 5.92 Å². The number of para-hydroxylation sites is 2. The monoisotopic (exact) mass is 285 g/mol. The predicted octanol–water partition coefficient (Wildman–Crippen LogP) is 3.77. The number of rotatable bonds is 4. The van der Waals surface area contributed by atoms with Gasteiger partial charge in [0, 0.05) is 19.0 Å². The minimum Gasteiger partial charge on any atom is -0.328 e. The summed E-state index contributed by atoms with van der Waals surface area (Å²) in [6.45, 7) is 3.23. The molecule has 1 N–H and O–H groups in total. The summed E-state index contributed by atoms with van der Waals surface area (Å²) in [6.07, 6.45) is 7.88. The third-order valence-corrected chi connectivity index (χ3v) is 5.02. The maximum atomic E-state index is 4.91. The van der Waals surface area contributed by atoms with Crippen molar-refractivity contribution in [3.8, 4) is 0 Å². The zero-order valence-corrected chi connectivity index (χ0v) is 13.3. The van der Waals surface area contributed by atoms with Crippen molar-refractivity contribution in [1.29, 1.82) is 0 Å². The van der Waals surface area contributed by atoms with Gasteiger partial charge in [0.15, 0.2) is 0 Å². The van der Waals surface area contributed by atoms with E-state index in [-0.39, 0.29) is 0 Å². The van der Waals surface area contributed by atoms with E-state index in [1.165, 1.54) is 43.4 Å². The number of benzene rings is 1. The first kappa shape index (κ1) is 14.6. The van der Waals surface area contributed by atoms with Crippen molar-refractivity contribution in [1.82, 2.24) is 14.9 Å². The fourth-order valence-corrected chi connectivity index (χ4v) is 3.88. The van der Waals surface area contributed by atoms with Crippen LogP contribution in [0.15, 0.2) is 24.3 Å². The second-order valence-electron chi connectivity index (χ2n) is 6.26. The van der Waals surface area contributed by atoms with Crippen LogP contribution in [0.1, 0.15) is 44.9 Å². The summed E-state index contributed by atoms with van der Waals surface area (Å²) in [4.78, 5) is 4.91. The van der Waals surface area contributed by atoms with Crippen LogP contribution in [0.4, 0.5) is 0 Å². The number of fused-ring (bicyclic) bond motifs is 1. The van der Waals surface area contributed by atoms with Crippen LogP contribution in [0.3, 0.4) is 0 Å². The van der Waals surface area contributed by atoms with E-state index in [4.69, 9.17) is 4.98 Å². The molecule has 1 fully saturated rings. The molecule has 114 valence electrons. The highest BCUT2D eigenvalue weighted by atomic mass is 15.1. The lowest BCUT2D eigenvalue weighted by molar-refractivity contribution is 0.342. The molecule has 1 aromatic carbocycles. The fourth-order valence-electron chi connectivity index (χ4n) is 3.88. The van der Waals surface area contributed by atoms with E-state index >= 15 is 0 Å². The lowest BCUT2D eigenvalue weighted by Crippen LogP contribution is -2.34. The molecule has 2 atom stereocenters. The van der Waals surface area contributed by atoms with E-state index in [1.807, 2.05) is 0 Å². The smallest absolute Gasteiger partial charge is 0.110 e. The lowest BCUT2D eigenvalue weighted by atomic mass is 9.91. The second kappa shape index (κ2) is 6.61. The van der Waals surface area contributed by atoms with E-state index in [9.17, 15) is 0 Å². The first-order chi connectivity index (χ1) is 10.3. The van der Waals surface area contributed by atoms with Gasteiger partial charge in [0.1, 0.15) is 5.82 Å². The number of nitrogens with zero attached hydrogens (tertiary/aromatic N) is 2. The molecule has 1 heterocycles. The molecular weight excluding hydrogens is 258 g/mol. The normalized spacial score (nSPS) is 23.3. The highest BCUT2D eigenvalue weighted by Gasteiger charge is 2.24. The van der Waals surface area contributed by atoms with Crippen molar-refractivity contribution >= 4 is 11.0 Å². The topological polar surface area (TPSA) is 29.9 Å². The van der Waals surface area contributed by atoms with Gasteiger partial charge in [-0.25, -0.2) is 4.98 Å². The standard InChI is InChI=1S/C18H27N3/c1-3-21-17-12-8-7-11-16(17)20-18(21)13-14-9-5-4-6-10-15(14)19-2/h7-8,11-12,14-15,19H,3-6,9-10,13H2,1-2H3. The third kappa shape index (κ3) is 2.98. The van der Waals surface area contributed by atoms with Crippen LogP contribution in [-0.4, -0.2) is 22.6 Å². The third-order valence-electron chi connectivity index (χ3n) is 5.02. The molecule has 0 amide bonds. The molecule has 0 spiro atoms. The molecule has 3 heteroatoms. The number of aryl methyl sites for hydroxylation is 1. The van der Waals surface area contributed by atoms with Crippen LogP contribution < -0.4 is 5.32 Å². The fraction of sp³-hybridized carbons (Fsp3) is 0.611. The number of hydrogen-bond donors (Lipinski definition) is 1. The molecule has 2 aromatic rings. The van der Waals surface area contributed by atoms with Crippen LogP contribution in [0.2, 0.25) is 0 Å². The summed E-state index contributed by atoms with van der Waals surface area (Å²) in [5.74, 6) is 1.99. The maximum absolute atomic E-state index is 4.91. The molecule has 0 aliphatic heterocycles. The van der Waals surface area contributed by atoms with Crippen molar-refractivity contribution < 1.29 is 0 Å². The van der Waals surface area contributed by atoms with E-state index in [0.29, 0.717) is 6.04 Å². The average Bonchev–Trinajstić information content (AvgIpc) is 2.70. The Hall–Kier alpha value is -1.35. The Morgan fingerprint density at radius 1 is 1.19 bits per heavy atom. The van der Waals surface area contributed by atoms with Gasteiger partial charge in [0.25, 0.3) is 0 Å². The Labute approximate surface area is 127 Å². The Kier molecular flexibility index (Phi) is 4.59. The highest BCUT2D eigenvalue weighted by Crippen LogP contribution is 2.27. The molecule has 3 rings (SSSR count). The minimum atomic E-state index is 0.651. The van der Waals surface area contributed by atoms with Gasteiger partial charge in [0.05, 0.1) is 11.0 Å². The summed E-state index contributed by atoms with van der Waals surface area (Å²) in [5, 5.41) is 3.55. The van der Waals surface area contributed by atoms with Crippen LogP contribution in [-0.2, 0) is 13.0 Å². The van der Waals surface area contributed by atoms with Crippen LogP contribution in [0, 0.1) is 5.92 Å². The van der Waals surface area contributed by atoms with Gasteiger partial charge >= 0.3 is 0 Å². The number of imidazole rings is 1. The van der Waals surface area contributed by atoms with Gasteiger partial charge < -0.3 is 9.88 Å². The van der Waals surface area contributed by atoms with Crippen molar-refractivity contribution in [2.75, 3.05) is 7.05 Å². The first-order valence-corrected chi connectivity index (χ1v) is 8.45. The second-order valence-corrected chi connectivity index (χ2v) is 6.26. The summed E-state index contributed by atoms with van der Waals surface area (Å²) < 4.78 is 2.40. The van der Waals surface area contributed by atoms with Crippen LogP contribution >= 0.6 is 0 Å². The summed E-state index contributed by atoms with van der Waals surface area (Å²) >= 11 is 0. The van der Waals surface area contributed by atoms with Crippen molar-refractivity contribution in [3.05, 3.63) is 30.1 Å². The van der Waals surface area contributed by atoms with Gasteiger partial charge in [-0.2, -0.15) is 0 Å². The van der Waals surface area contributed by atoms with Crippen LogP contribution in [0.5, 0.6) is 0 Å². The summed E-state index contributed by atoms with van der Waals surface area (Å²) in [6, 6.07) is 9.17. The van der Waals surface area contributed by atoms with Gasteiger partial charge in [-0.15, -0.1) is 0 Å². The van der Waals surface area contributed by atoms with E-state index in [2.05, 4.69) is 48.1 Å². The largest absolute Gasteiger partial charge is 0.328 e. The first-order valence-electron chi connectivity index (χ1n) is 8.45. The van der Waals surface area contributed by atoms with E-state index < -0.39 is 0 Å². The Bertz CT molecular complexity index is 587. The lowest BCUT2D eigenvalue weighted by Gasteiger charge is -2.24. The Morgan fingerprint density at radius 2 is 2.00 bits per heavy atom. The van der Waals surface area contributed by atoms with Gasteiger partial charge in [0.2, 0.25) is 0 Å². The summed E-state index contributed by atoms with van der Waals surface area (Å²) in [7, 11) is 2.12. The average molecular weight is 285 g/mol. The molecule has 21 heavy (non-hydrogen) atoms.